The molecule has 0 spiro atoms. The van der Waals surface area contributed by atoms with Gasteiger partial charge in [0.1, 0.15) is 10.7 Å². The summed E-state index contributed by atoms with van der Waals surface area (Å²) in [5.41, 5.74) is 0. The molecule has 0 fully saturated rings. The fourth-order valence-corrected chi connectivity index (χ4v) is 2.73. The Bertz CT molecular complexity index is 535. The number of rotatable bonds is 7. The molecule has 0 atom stereocenters. The third-order valence-corrected chi connectivity index (χ3v) is 4.01. The van der Waals surface area contributed by atoms with Crippen LogP contribution in [0.15, 0.2) is 15.4 Å². The summed E-state index contributed by atoms with van der Waals surface area (Å²) < 4.78 is 36.0. The molecule has 2 N–H and O–H groups in total. The fraction of sp³-hybridized carbons (Fsp3) is 0.545. The van der Waals surface area contributed by atoms with Gasteiger partial charge in [-0.15, -0.1) is 0 Å². The molecule has 0 aliphatic carbocycles. The predicted octanol–water partition coefficient (Wildman–Crippen LogP) is 0.262. The summed E-state index contributed by atoms with van der Waals surface area (Å²) in [6.45, 7) is 2.50. The summed E-state index contributed by atoms with van der Waals surface area (Å²) in [6.07, 6.45) is 0.663. The average Bonchev–Trinajstić information content (AvgIpc) is 2.76. The monoisotopic (exact) mass is 290 g/mol. The summed E-state index contributed by atoms with van der Waals surface area (Å²) in [4.78, 5) is 11.2. The lowest BCUT2D eigenvalue weighted by Crippen LogP contribution is -2.27. The molecule has 0 saturated heterocycles. The van der Waals surface area contributed by atoms with E-state index in [0.717, 1.165) is 0 Å². The van der Waals surface area contributed by atoms with Crippen molar-refractivity contribution in [1.29, 1.82) is 0 Å². The maximum atomic E-state index is 12.0. The Hall–Kier alpha value is -1.38. The highest BCUT2D eigenvalue weighted by molar-refractivity contribution is 7.89. The molecule has 0 aliphatic rings. The molecule has 0 unspecified atom stereocenters. The van der Waals surface area contributed by atoms with E-state index in [9.17, 15) is 13.2 Å². The number of esters is 1. The van der Waals surface area contributed by atoms with Gasteiger partial charge in [-0.2, -0.15) is 0 Å². The number of furan rings is 1. The largest absolute Gasteiger partial charge is 0.463 e. The van der Waals surface area contributed by atoms with E-state index >= 15 is 0 Å². The van der Waals surface area contributed by atoms with Crippen molar-refractivity contribution in [1.82, 2.24) is 10.0 Å². The van der Waals surface area contributed by atoms with Crippen LogP contribution in [0.4, 0.5) is 0 Å². The van der Waals surface area contributed by atoms with E-state index in [-0.39, 0.29) is 16.4 Å². The molecule has 8 heteroatoms. The van der Waals surface area contributed by atoms with Crippen LogP contribution in [0, 0.1) is 6.92 Å². The number of aryl methyl sites for hydroxylation is 1. The van der Waals surface area contributed by atoms with Crippen LogP contribution in [-0.2, 0) is 14.8 Å². The molecule has 1 heterocycles. The van der Waals surface area contributed by atoms with E-state index in [1.54, 1.807) is 7.05 Å². The van der Waals surface area contributed by atoms with Gasteiger partial charge in [0.2, 0.25) is 15.8 Å². The van der Waals surface area contributed by atoms with Crippen LogP contribution in [0.25, 0.3) is 0 Å². The Kier molecular flexibility index (Phi) is 5.52. The molecule has 1 rings (SSSR count). The maximum Gasteiger partial charge on any atom is 0.373 e. The van der Waals surface area contributed by atoms with Gasteiger partial charge < -0.3 is 14.5 Å². The predicted molar refractivity (Wildman–Crippen MR) is 68.5 cm³/mol. The van der Waals surface area contributed by atoms with Crippen LogP contribution in [0.1, 0.15) is 22.7 Å². The molecule has 1 aromatic rings. The number of hydrogen-bond donors (Lipinski definition) is 2. The second-order valence-electron chi connectivity index (χ2n) is 3.88. The number of hydrogen-bond acceptors (Lipinski definition) is 6. The topological polar surface area (TPSA) is 97.6 Å². The minimum absolute atomic E-state index is 0.0441. The van der Waals surface area contributed by atoms with E-state index in [0.29, 0.717) is 19.5 Å². The Morgan fingerprint density at radius 3 is 2.68 bits per heavy atom. The number of nitrogens with one attached hydrogen (secondary N) is 2. The van der Waals surface area contributed by atoms with Gasteiger partial charge >= 0.3 is 5.97 Å². The highest BCUT2D eigenvalue weighted by Crippen LogP contribution is 2.20. The lowest BCUT2D eigenvalue weighted by atomic mass is 10.4. The summed E-state index contributed by atoms with van der Waals surface area (Å²) >= 11 is 0. The Balaban J connectivity index is 2.83. The van der Waals surface area contributed by atoms with Gasteiger partial charge in [0, 0.05) is 12.6 Å². The maximum absolute atomic E-state index is 12.0. The summed E-state index contributed by atoms with van der Waals surface area (Å²) in [5, 5.41) is 2.92. The van der Waals surface area contributed by atoms with Crippen molar-refractivity contribution in [3.63, 3.8) is 0 Å². The van der Waals surface area contributed by atoms with Crippen LogP contribution in [0.3, 0.4) is 0 Å². The standard InChI is InChI=1S/C11H18N2O5S/c1-8-10(7-9(18-8)11(14)17-3)19(15,16)13-6-4-5-12-2/h7,12-13H,4-6H2,1-3H3. The molecule has 19 heavy (non-hydrogen) atoms. The Labute approximate surface area is 112 Å². The molecule has 0 bridgehead atoms. The van der Waals surface area contributed by atoms with Crippen LogP contribution in [-0.4, -0.2) is 41.6 Å². The van der Waals surface area contributed by atoms with E-state index in [2.05, 4.69) is 14.8 Å². The molecule has 0 aromatic carbocycles. The molecule has 108 valence electrons. The first-order valence-electron chi connectivity index (χ1n) is 5.75. The van der Waals surface area contributed by atoms with Crippen LogP contribution >= 0.6 is 0 Å². The third kappa shape index (κ3) is 4.05. The lowest BCUT2D eigenvalue weighted by molar-refractivity contribution is 0.0563. The van der Waals surface area contributed by atoms with Crippen LogP contribution < -0.4 is 10.0 Å². The number of carbonyl (C=O) groups is 1. The van der Waals surface area contributed by atoms with Crippen molar-refractivity contribution in [2.24, 2.45) is 0 Å². The number of sulfonamides is 1. The number of carbonyl (C=O) groups excluding carboxylic acids is 1. The van der Waals surface area contributed by atoms with Crippen LogP contribution in [0.2, 0.25) is 0 Å². The fourth-order valence-electron chi connectivity index (χ4n) is 1.48. The van der Waals surface area contributed by atoms with Crippen molar-refractivity contribution in [3.8, 4) is 0 Å². The smallest absolute Gasteiger partial charge is 0.373 e. The molecule has 0 radical (unpaired) electrons. The molecule has 0 aliphatic heterocycles. The summed E-state index contributed by atoms with van der Waals surface area (Å²) in [6, 6.07) is 1.17. The van der Waals surface area contributed by atoms with Gasteiger partial charge in [0.05, 0.1) is 7.11 Å². The first-order valence-corrected chi connectivity index (χ1v) is 7.23. The molecule has 0 amide bonds. The molecular weight excluding hydrogens is 272 g/mol. The molecule has 0 saturated carbocycles. The van der Waals surface area contributed by atoms with Crippen molar-refractivity contribution in [2.45, 2.75) is 18.2 Å². The molecule has 1 aromatic heterocycles. The zero-order valence-electron chi connectivity index (χ0n) is 11.1. The minimum atomic E-state index is -3.67. The quantitative estimate of drug-likeness (QED) is 0.552. The van der Waals surface area contributed by atoms with Crippen molar-refractivity contribution < 1.29 is 22.4 Å². The van der Waals surface area contributed by atoms with Gasteiger partial charge in [-0.1, -0.05) is 0 Å². The third-order valence-electron chi connectivity index (χ3n) is 2.44. The Morgan fingerprint density at radius 2 is 2.11 bits per heavy atom. The highest BCUT2D eigenvalue weighted by Gasteiger charge is 2.23. The first kappa shape index (κ1) is 15.7. The van der Waals surface area contributed by atoms with Gasteiger partial charge in [0.25, 0.3) is 0 Å². The Morgan fingerprint density at radius 1 is 1.42 bits per heavy atom. The summed E-state index contributed by atoms with van der Waals surface area (Å²) in [7, 11) is -0.684. The molecule has 7 nitrogen and oxygen atoms in total. The highest BCUT2D eigenvalue weighted by atomic mass is 32.2. The van der Waals surface area contributed by atoms with Crippen LogP contribution in [0.5, 0.6) is 0 Å². The van der Waals surface area contributed by atoms with Crippen molar-refractivity contribution in [3.05, 3.63) is 17.6 Å². The molecular formula is C11H18N2O5S. The van der Waals surface area contributed by atoms with E-state index < -0.39 is 16.0 Å². The SMILES string of the molecule is CNCCCNS(=O)(=O)c1cc(C(=O)OC)oc1C. The van der Waals surface area contributed by atoms with Crippen molar-refractivity contribution >= 4 is 16.0 Å². The first-order chi connectivity index (χ1) is 8.92. The minimum Gasteiger partial charge on any atom is -0.463 e. The number of methoxy groups -OCH3 is 1. The van der Waals surface area contributed by atoms with Crippen molar-refractivity contribution in [2.75, 3.05) is 27.2 Å². The van der Waals surface area contributed by atoms with Gasteiger partial charge in [-0.05, 0) is 26.9 Å². The van der Waals surface area contributed by atoms with E-state index in [1.807, 2.05) is 0 Å². The number of ether oxygens (including phenoxy) is 1. The average molecular weight is 290 g/mol. The normalized spacial score (nSPS) is 11.5. The van der Waals surface area contributed by atoms with E-state index in [1.165, 1.54) is 20.1 Å². The zero-order chi connectivity index (χ0) is 14.5. The zero-order valence-corrected chi connectivity index (χ0v) is 12.0. The van der Waals surface area contributed by atoms with E-state index in [4.69, 9.17) is 4.42 Å². The van der Waals surface area contributed by atoms with Gasteiger partial charge in [-0.3, -0.25) is 0 Å². The lowest BCUT2D eigenvalue weighted by Gasteiger charge is -2.04. The van der Waals surface area contributed by atoms with Gasteiger partial charge in [0.15, 0.2) is 0 Å². The summed E-state index contributed by atoms with van der Waals surface area (Å²) in [5.74, 6) is -0.683. The van der Waals surface area contributed by atoms with Gasteiger partial charge in [-0.25, -0.2) is 17.9 Å². The second kappa shape index (κ2) is 6.69. The second-order valence-corrected chi connectivity index (χ2v) is 5.61.